The van der Waals surface area contributed by atoms with Crippen molar-refractivity contribution in [2.45, 2.75) is 4.90 Å². The van der Waals surface area contributed by atoms with Crippen LogP contribution in [0.2, 0.25) is 10.0 Å². The van der Waals surface area contributed by atoms with E-state index >= 15 is 0 Å². The van der Waals surface area contributed by atoms with E-state index in [1.807, 2.05) is 0 Å². The molecule has 0 spiro atoms. The van der Waals surface area contributed by atoms with Crippen LogP contribution in [0.25, 0.3) is 0 Å². The van der Waals surface area contributed by atoms with Gasteiger partial charge in [-0.3, -0.25) is 4.72 Å². The second kappa shape index (κ2) is 5.93. The highest BCUT2D eigenvalue weighted by Gasteiger charge is 2.22. The van der Waals surface area contributed by atoms with Gasteiger partial charge < -0.3 is 5.11 Å². The number of para-hydroxylation sites is 1. The number of anilines is 1. The van der Waals surface area contributed by atoms with E-state index in [1.54, 1.807) is 30.3 Å². The number of carboxylic acids is 1. The molecule has 2 aromatic rings. The molecule has 0 radical (unpaired) electrons. The lowest BCUT2D eigenvalue weighted by molar-refractivity contribution is 0.0697. The first kappa shape index (κ1) is 15.6. The lowest BCUT2D eigenvalue weighted by Crippen LogP contribution is -2.14. The van der Waals surface area contributed by atoms with E-state index in [0.717, 1.165) is 12.1 Å². The van der Waals surface area contributed by atoms with Crippen molar-refractivity contribution >= 4 is 44.9 Å². The molecule has 110 valence electrons. The van der Waals surface area contributed by atoms with Crippen LogP contribution in [0.1, 0.15) is 10.4 Å². The molecule has 0 aromatic heterocycles. The Morgan fingerprint density at radius 3 is 2.24 bits per heavy atom. The smallest absolute Gasteiger partial charge is 0.337 e. The lowest BCUT2D eigenvalue weighted by Gasteiger charge is -2.11. The maximum absolute atomic E-state index is 12.3. The lowest BCUT2D eigenvalue weighted by atomic mass is 10.2. The van der Waals surface area contributed by atoms with Crippen LogP contribution in [-0.2, 0) is 10.0 Å². The first-order valence-corrected chi connectivity index (χ1v) is 7.85. The van der Waals surface area contributed by atoms with Gasteiger partial charge in [0, 0.05) is 5.69 Å². The maximum atomic E-state index is 12.3. The van der Waals surface area contributed by atoms with Gasteiger partial charge in [-0.1, -0.05) is 41.4 Å². The first-order chi connectivity index (χ1) is 9.81. The van der Waals surface area contributed by atoms with Crippen LogP contribution in [0, 0.1) is 0 Å². The third-order valence-corrected chi connectivity index (χ3v) is 4.73. The van der Waals surface area contributed by atoms with Gasteiger partial charge in [0.1, 0.15) is 4.90 Å². The van der Waals surface area contributed by atoms with Gasteiger partial charge in [-0.15, -0.1) is 0 Å². The molecule has 0 amide bonds. The zero-order valence-electron chi connectivity index (χ0n) is 10.4. The molecule has 21 heavy (non-hydrogen) atoms. The fourth-order valence-corrected chi connectivity index (χ4v) is 3.53. The van der Waals surface area contributed by atoms with Crippen molar-refractivity contribution in [2.24, 2.45) is 0 Å². The average Bonchev–Trinajstić information content (AvgIpc) is 2.38. The fraction of sp³-hybridized carbons (Fsp3) is 0. The van der Waals surface area contributed by atoms with Gasteiger partial charge >= 0.3 is 5.97 Å². The van der Waals surface area contributed by atoms with Gasteiger partial charge in [0.05, 0.1) is 15.6 Å². The second-order valence-electron chi connectivity index (χ2n) is 4.04. The molecule has 0 bridgehead atoms. The van der Waals surface area contributed by atoms with Crippen LogP contribution >= 0.6 is 23.2 Å². The molecule has 0 aliphatic rings. The molecule has 2 rings (SSSR count). The third-order valence-electron chi connectivity index (χ3n) is 2.57. The van der Waals surface area contributed by atoms with Gasteiger partial charge in [-0.25, -0.2) is 13.2 Å². The summed E-state index contributed by atoms with van der Waals surface area (Å²) < 4.78 is 26.9. The molecule has 0 atom stereocenters. The molecule has 0 aliphatic heterocycles. The molecule has 2 N–H and O–H groups in total. The van der Waals surface area contributed by atoms with Gasteiger partial charge in [0.25, 0.3) is 10.0 Å². The van der Waals surface area contributed by atoms with Crippen LogP contribution in [0.3, 0.4) is 0 Å². The molecule has 0 unspecified atom stereocenters. The second-order valence-corrected chi connectivity index (χ2v) is 6.50. The molecule has 0 aliphatic carbocycles. The molecule has 8 heteroatoms. The molecule has 0 heterocycles. The average molecular weight is 346 g/mol. The summed E-state index contributed by atoms with van der Waals surface area (Å²) in [6.07, 6.45) is 0. The topological polar surface area (TPSA) is 83.5 Å². The standard InChI is InChI=1S/C13H9Cl2NO4S/c14-10-7-11(15)12(6-9(10)13(17)18)21(19,20)16-8-4-2-1-3-5-8/h1-7,16H,(H,17,18). The molecule has 0 saturated heterocycles. The SMILES string of the molecule is O=C(O)c1cc(S(=O)(=O)Nc2ccccc2)c(Cl)cc1Cl. The van der Waals surface area contributed by atoms with E-state index < -0.39 is 16.0 Å². The number of benzene rings is 2. The molecule has 5 nitrogen and oxygen atoms in total. The predicted octanol–water partition coefficient (Wildman–Crippen LogP) is 3.49. The summed E-state index contributed by atoms with van der Waals surface area (Å²) in [6, 6.07) is 10.2. The minimum atomic E-state index is -4.02. The van der Waals surface area contributed by atoms with E-state index in [4.69, 9.17) is 28.3 Å². The zero-order chi connectivity index (χ0) is 15.6. The van der Waals surface area contributed by atoms with E-state index in [-0.39, 0.29) is 20.5 Å². The normalized spacial score (nSPS) is 11.1. The van der Waals surface area contributed by atoms with E-state index in [2.05, 4.69) is 4.72 Å². The summed E-state index contributed by atoms with van der Waals surface area (Å²) in [7, 11) is -4.02. The van der Waals surface area contributed by atoms with Crippen LogP contribution in [-0.4, -0.2) is 19.5 Å². The Hall–Kier alpha value is -1.76. The van der Waals surface area contributed by atoms with Crippen molar-refractivity contribution < 1.29 is 18.3 Å². The predicted molar refractivity (Wildman–Crippen MR) is 80.7 cm³/mol. The summed E-state index contributed by atoms with van der Waals surface area (Å²) in [5.74, 6) is -1.34. The highest BCUT2D eigenvalue weighted by molar-refractivity contribution is 7.92. The van der Waals surface area contributed by atoms with Crippen molar-refractivity contribution in [1.29, 1.82) is 0 Å². The van der Waals surface area contributed by atoms with Gasteiger partial charge in [0.2, 0.25) is 0 Å². The van der Waals surface area contributed by atoms with Crippen molar-refractivity contribution in [3.63, 3.8) is 0 Å². The summed E-state index contributed by atoms with van der Waals surface area (Å²) in [5.41, 5.74) is -0.00473. The Balaban J connectivity index is 2.50. The number of rotatable bonds is 4. The van der Waals surface area contributed by atoms with E-state index in [0.29, 0.717) is 5.69 Å². The van der Waals surface area contributed by atoms with E-state index in [1.165, 1.54) is 0 Å². The summed E-state index contributed by atoms with van der Waals surface area (Å²) >= 11 is 11.6. The van der Waals surface area contributed by atoms with Crippen LogP contribution in [0.4, 0.5) is 5.69 Å². The maximum Gasteiger partial charge on any atom is 0.337 e. The fourth-order valence-electron chi connectivity index (χ4n) is 1.62. The minimum absolute atomic E-state index is 0.133. The quantitative estimate of drug-likeness (QED) is 0.888. The molecular weight excluding hydrogens is 337 g/mol. The van der Waals surface area contributed by atoms with Crippen molar-refractivity contribution in [2.75, 3.05) is 4.72 Å². The zero-order valence-corrected chi connectivity index (χ0v) is 12.7. The Bertz CT molecular complexity index is 791. The van der Waals surface area contributed by atoms with Crippen molar-refractivity contribution in [3.05, 3.63) is 58.1 Å². The number of hydrogen-bond donors (Lipinski definition) is 2. The van der Waals surface area contributed by atoms with Crippen LogP contribution in [0.5, 0.6) is 0 Å². The van der Waals surface area contributed by atoms with Crippen LogP contribution in [0.15, 0.2) is 47.4 Å². The Morgan fingerprint density at radius 1 is 1.05 bits per heavy atom. The Morgan fingerprint density at radius 2 is 1.67 bits per heavy atom. The number of hydrogen-bond acceptors (Lipinski definition) is 3. The minimum Gasteiger partial charge on any atom is -0.478 e. The number of nitrogens with one attached hydrogen (secondary N) is 1. The summed E-state index contributed by atoms with van der Waals surface area (Å²) in [4.78, 5) is 10.7. The number of halogens is 2. The number of aromatic carboxylic acids is 1. The van der Waals surface area contributed by atoms with Gasteiger partial charge in [-0.05, 0) is 24.3 Å². The highest BCUT2D eigenvalue weighted by atomic mass is 35.5. The monoisotopic (exact) mass is 345 g/mol. The molecule has 0 fully saturated rings. The number of carboxylic acid groups (broad SMARTS) is 1. The van der Waals surface area contributed by atoms with Gasteiger partial charge in [-0.2, -0.15) is 0 Å². The van der Waals surface area contributed by atoms with Gasteiger partial charge in [0.15, 0.2) is 0 Å². The molecule has 2 aromatic carbocycles. The Kier molecular flexibility index (Phi) is 4.41. The van der Waals surface area contributed by atoms with Crippen LogP contribution < -0.4 is 4.72 Å². The number of carbonyl (C=O) groups is 1. The molecule has 0 saturated carbocycles. The third kappa shape index (κ3) is 3.47. The van der Waals surface area contributed by atoms with Crippen molar-refractivity contribution in [3.8, 4) is 0 Å². The summed E-state index contributed by atoms with van der Waals surface area (Å²) in [5, 5.41) is 8.70. The summed E-state index contributed by atoms with van der Waals surface area (Å²) in [6.45, 7) is 0. The largest absolute Gasteiger partial charge is 0.478 e. The van der Waals surface area contributed by atoms with E-state index in [9.17, 15) is 13.2 Å². The molecular formula is C13H9Cl2NO4S. The highest BCUT2D eigenvalue weighted by Crippen LogP contribution is 2.30. The number of sulfonamides is 1. The Labute approximate surface area is 131 Å². The first-order valence-electron chi connectivity index (χ1n) is 5.61. The van der Waals surface area contributed by atoms with Crippen molar-refractivity contribution in [1.82, 2.24) is 0 Å².